The molecule has 38 heavy (non-hydrogen) atoms. The topological polar surface area (TPSA) is 155 Å². The smallest absolute Gasteiger partial charge is 0.327 e. The van der Waals surface area contributed by atoms with E-state index in [0.717, 1.165) is 4.90 Å². The van der Waals surface area contributed by atoms with Crippen molar-refractivity contribution >= 4 is 41.0 Å². The lowest BCUT2D eigenvalue weighted by atomic mass is 9.96. The summed E-state index contributed by atoms with van der Waals surface area (Å²) in [6.45, 7) is 0.899. The molecule has 2 saturated heterocycles. The van der Waals surface area contributed by atoms with E-state index in [4.69, 9.17) is 9.47 Å². The molecule has 3 N–H and O–H groups in total. The Kier molecular flexibility index (Phi) is 7.10. The van der Waals surface area contributed by atoms with Crippen LogP contribution in [0.2, 0.25) is 0 Å². The largest absolute Gasteiger partial charge is 0.486 e. The molecule has 4 atom stereocenters. The number of imide groups is 1. The van der Waals surface area contributed by atoms with Gasteiger partial charge in [0.25, 0.3) is 5.69 Å². The fourth-order valence-electron chi connectivity index (χ4n) is 4.66. The third-order valence-electron chi connectivity index (χ3n) is 6.61. The number of nitrogens with one attached hydrogen (secondary N) is 3. The Morgan fingerprint density at radius 1 is 1.11 bits per heavy atom. The molecule has 0 spiro atoms. The minimum absolute atomic E-state index is 0.0248. The summed E-state index contributed by atoms with van der Waals surface area (Å²) in [6, 6.07) is 10.7. The van der Waals surface area contributed by atoms with Crippen molar-refractivity contribution in [2.75, 3.05) is 38.4 Å². The quantitative estimate of drug-likeness (QED) is 0.363. The van der Waals surface area contributed by atoms with Gasteiger partial charge in [-0.05, 0) is 29.8 Å². The van der Waals surface area contributed by atoms with Gasteiger partial charge in [-0.15, -0.1) is 11.8 Å². The molecule has 0 radical (unpaired) electrons. The number of benzene rings is 2. The zero-order chi connectivity index (χ0) is 27.0. The Morgan fingerprint density at radius 3 is 2.53 bits per heavy atom. The number of nitro groups is 1. The van der Waals surface area contributed by atoms with Gasteiger partial charge in [-0.3, -0.25) is 35.2 Å². The van der Waals surface area contributed by atoms with Crippen molar-refractivity contribution in [3.63, 3.8) is 0 Å². The Balaban J connectivity index is 1.32. The molecule has 3 aliphatic heterocycles. The van der Waals surface area contributed by atoms with Crippen LogP contribution < -0.4 is 25.4 Å². The third kappa shape index (κ3) is 4.97. The molecule has 4 unspecified atom stereocenters. The molecule has 4 amide bonds. The van der Waals surface area contributed by atoms with E-state index in [1.54, 1.807) is 37.4 Å². The van der Waals surface area contributed by atoms with Crippen molar-refractivity contribution in [1.82, 2.24) is 20.4 Å². The summed E-state index contributed by atoms with van der Waals surface area (Å²) < 4.78 is 11.1. The lowest BCUT2D eigenvalue weighted by molar-refractivity contribution is -0.384. The standard InChI is InChI=1S/C24H26N6O7S/c1-28-21-19(23(32)29(2)24(28)33)22(27-20(26-21)13-3-6-15(7-4-13)30(34)35)38-12-18(31)25-14-5-8-16-17(11-14)37-10-9-36-16/h3-8,11,19-22,26-27H,9-10,12H2,1-2H3,(H,25,31). The van der Waals surface area contributed by atoms with E-state index >= 15 is 0 Å². The van der Waals surface area contributed by atoms with Crippen LogP contribution in [0.1, 0.15) is 11.7 Å². The highest BCUT2D eigenvalue weighted by molar-refractivity contribution is 8.00. The first kappa shape index (κ1) is 25.8. The minimum Gasteiger partial charge on any atom is -0.486 e. The van der Waals surface area contributed by atoms with Gasteiger partial charge >= 0.3 is 6.03 Å². The van der Waals surface area contributed by atoms with Crippen LogP contribution in [0.25, 0.3) is 0 Å². The average Bonchev–Trinajstić information content (AvgIpc) is 2.93. The molecule has 13 nitrogen and oxygen atoms in total. The number of nitro benzene ring substituents is 1. The van der Waals surface area contributed by atoms with Crippen LogP contribution in [0.15, 0.2) is 42.5 Å². The number of fused-ring (bicyclic) bond motifs is 2. The fourth-order valence-corrected chi connectivity index (χ4v) is 5.77. The molecule has 0 saturated carbocycles. The van der Waals surface area contributed by atoms with E-state index in [1.807, 2.05) is 0 Å². The van der Waals surface area contributed by atoms with Gasteiger partial charge in [-0.2, -0.15) is 0 Å². The van der Waals surface area contributed by atoms with Crippen molar-refractivity contribution in [3.05, 3.63) is 58.1 Å². The highest BCUT2D eigenvalue weighted by atomic mass is 32.2. The zero-order valence-electron chi connectivity index (χ0n) is 20.6. The van der Waals surface area contributed by atoms with Gasteiger partial charge in [0.15, 0.2) is 11.5 Å². The van der Waals surface area contributed by atoms with Gasteiger partial charge in [0, 0.05) is 38.0 Å². The second-order valence-electron chi connectivity index (χ2n) is 9.01. The monoisotopic (exact) mass is 542 g/mol. The van der Waals surface area contributed by atoms with Crippen LogP contribution in [-0.4, -0.2) is 77.2 Å². The molecule has 3 heterocycles. The molecule has 5 rings (SSSR count). The number of hydrogen-bond donors (Lipinski definition) is 3. The van der Waals surface area contributed by atoms with Crippen LogP contribution in [0.5, 0.6) is 11.5 Å². The maximum atomic E-state index is 13.1. The van der Waals surface area contributed by atoms with Crippen molar-refractivity contribution in [3.8, 4) is 11.5 Å². The molecule has 0 aliphatic carbocycles. The molecule has 200 valence electrons. The number of carbonyl (C=O) groups excluding carboxylic acids is 3. The number of carbonyl (C=O) groups is 3. The van der Waals surface area contributed by atoms with Crippen molar-refractivity contribution in [1.29, 1.82) is 0 Å². The maximum Gasteiger partial charge on any atom is 0.327 e. The molecular weight excluding hydrogens is 516 g/mol. The summed E-state index contributed by atoms with van der Waals surface area (Å²) in [5.74, 6) is -0.133. The Morgan fingerprint density at radius 2 is 1.82 bits per heavy atom. The number of urea groups is 1. The number of amides is 4. The van der Waals surface area contributed by atoms with E-state index in [-0.39, 0.29) is 23.3 Å². The number of thioether (sulfide) groups is 1. The Hall–Kier alpha value is -3.88. The van der Waals surface area contributed by atoms with E-state index in [1.165, 1.54) is 35.8 Å². The molecule has 2 aromatic rings. The van der Waals surface area contributed by atoms with Crippen LogP contribution in [0, 0.1) is 16.0 Å². The predicted molar refractivity (Wildman–Crippen MR) is 138 cm³/mol. The normalized spacial score (nSPS) is 24.6. The first-order valence-electron chi connectivity index (χ1n) is 11.8. The van der Waals surface area contributed by atoms with E-state index in [0.29, 0.717) is 36.0 Å². The van der Waals surface area contributed by atoms with Gasteiger partial charge < -0.3 is 19.7 Å². The van der Waals surface area contributed by atoms with E-state index in [9.17, 15) is 24.5 Å². The summed E-state index contributed by atoms with van der Waals surface area (Å²) in [7, 11) is 3.03. The molecule has 0 aromatic heterocycles. The molecule has 14 heteroatoms. The summed E-state index contributed by atoms with van der Waals surface area (Å²) in [4.78, 5) is 51.7. The van der Waals surface area contributed by atoms with Gasteiger partial charge in [0.2, 0.25) is 11.8 Å². The van der Waals surface area contributed by atoms with Gasteiger partial charge in [0.05, 0.1) is 34.3 Å². The summed E-state index contributed by atoms with van der Waals surface area (Å²) >= 11 is 1.24. The van der Waals surface area contributed by atoms with Crippen molar-refractivity contribution in [2.24, 2.45) is 5.92 Å². The van der Waals surface area contributed by atoms with E-state index < -0.39 is 34.6 Å². The predicted octanol–water partition coefficient (Wildman–Crippen LogP) is 1.72. The lowest BCUT2D eigenvalue weighted by Gasteiger charge is -2.50. The molecule has 0 bridgehead atoms. The summed E-state index contributed by atoms with van der Waals surface area (Å²) in [6.07, 6.45) is -1.17. The highest BCUT2D eigenvalue weighted by Gasteiger charge is 2.51. The van der Waals surface area contributed by atoms with Crippen LogP contribution in [0.4, 0.5) is 16.2 Å². The van der Waals surface area contributed by atoms with Crippen molar-refractivity contribution in [2.45, 2.75) is 17.7 Å². The first-order valence-corrected chi connectivity index (χ1v) is 12.9. The first-order chi connectivity index (χ1) is 18.2. The minimum atomic E-state index is -0.677. The second-order valence-corrected chi connectivity index (χ2v) is 10.1. The fraction of sp³-hybridized carbons (Fsp3) is 0.375. The lowest BCUT2D eigenvalue weighted by Crippen LogP contribution is -2.72. The number of non-ortho nitro benzene ring substituents is 1. The molecule has 3 aliphatic rings. The highest BCUT2D eigenvalue weighted by Crippen LogP contribution is 2.35. The zero-order valence-corrected chi connectivity index (χ0v) is 21.4. The summed E-state index contributed by atoms with van der Waals surface area (Å²) in [5, 5.41) is 20.0. The third-order valence-corrected chi connectivity index (χ3v) is 7.83. The van der Waals surface area contributed by atoms with Crippen LogP contribution >= 0.6 is 11.8 Å². The molecule has 2 aromatic carbocycles. The Bertz CT molecular complexity index is 1280. The van der Waals surface area contributed by atoms with Crippen molar-refractivity contribution < 1.29 is 28.8 Å². The maximum absolute atomic E-state index is 13.1. The molecule has 2 fully saturated rings. The second kappa shape index (κ2) is 10.5. The molecular formula is C24H26N6O7S. The van der Waals surface area contributed by atoms with Crippen LogP contribution in [0.3, 0.4) is 0 Å². The van der Waals surface area contributed by atoms with E-state index in [2.05, 4.69) is 16.0 Å². The number of rotatable bonds is 6. The summed E-state index contributed by atoms with van der Waals surface area (Å²) in [5.41, 5.74) is 1.19. The SMILES string of the molecule is CN1C(=O)C2C(SCC(=O)Nc3ccc4c(c3)OCCO4)NC(c3ccc([N+](=O)[O-])cc3)NC2N(C)C1=O. The number of hydrogen-bond acceptors (Lipinski definition) is 10. The van der Waals surface area contributed by atoms with Gasteiger partial charge in [-0.25, -0.2) is 4.79 Å². The number of nitrogens with zero attached hydrogens (tertiary/aromatic N) is 3. The van der Waals surface area contributed by atoms with Gasteiger partial charge in [0.1, 0.15) is 13.2 Å². The Labute approximate surface area is 222 Å². The number of anilines is 1. The average molecular weight is 543 g/mol. The van der Waals surface area contributed by atoms with Gasteiger partial charge in [-0.1, -0.05) is 0 Å². The number of ether oxygens (including phenoxy) is 2. The van der Waals surface area contributed by atoms with Crippen LogP contribution in [-0.2, 0) is 9.59 Å².